The zero-order valence-corrected chi connectivity index (χ0v) is 8.34. The number of carbonyl (C=O) groups excluding carboxylic acids is 1. The zero-order chi connectivity index (χ0) is 10.4. The van der Waals surface area contributed by atoms with Gasteiger partial charge >= 0.3 is 0 Å². The first kappa shape index (κ1) is 10.5. The fraction of sp³-hybridized carbons (Fsp3) is 0.300. The van der Waals surface area contributed by atoms with Crippen LogP contribution in [0.1, 0.15) is 5.69 Å². The summed E-state index contributed by atoms with van der Waals surface area (Å²) in [6.45, 7) is 0.713. The fourth-order valence-corrected chi connectivity index (χ4v) is 0.942. The lowest BCUT2D eigenvalue weighted by atomic mass is 10.2. The molecule has 1 rings (SSSR count). The van der Waals surface area contributed by atoms with Crippen molar-refractivity contribution in [2.75, 3.05) is 20.6 Å². The van der Waals surface area contributed by atoms with Crippen LogP contribution >= 0.6 is 0 Å². The van der Waals surface area contributed by atoms with Crippen LogP contribution in [0, 0.1) is 0 Å². The van der Waals surface area contributed by atoms with Crippen molar-refractivity contribution in [2.24, 2.45) is 0 Å². The van der Waals surface area contributed by atoms with Gasteiger partial charge in [-0.15, -0.1) is 0 Å². The molecular weight excluding hydrogens is 178 g/mol. The maximum atomic E-state index is 10.8. The minimum Gasteiger partial charge on any atom is -0.306 e. The van der Waals surface area contributed by atoms with Crippen LogP contribution in [0.5, 0.6) is 0 Å². The monoisotopic (exact) mass is 191 g/mol. The second kappa shape index (κ2) is 5.24. The highest BCUT2D eigenvalue weighted by atomic mass is 16.1. The van der Waals surface area contributed by atoms with E-state index in [0.717, 1.165) is 6.29 Å². The third-order valence-electron chi connectivity index (χ3n) is 1.66. The molecule has 0 fully saturated rings. The Labute approximate surface area is 83.3 Å². The molecule has 0 aromatic carbocycles. The molecule has 0 amide bonds. The van der Waals surface area contributed by atoms with Crippen molar-refractivity contribution in [3.05, 3.63) is 30.4 Å². The fourth-order valence-electron chi connectivity index (χ4n) is 0.942. The summed E-state index contributed by atoms with van der Waals surface area (Å²) in [7, 11) is 3.88. The van der Waals surface area contributed by atoms with Gasteiger partial charge in [-0.3, -0.25) is 14.8 Å². The molecule has 14 heavy (non-hydrogen) atoms. The van der Waals surface area contributed by atoms with Gasteiger partial charge in [0.05, 0.1) is 11.9 Å². The van der Waals surface area contributed by atoms with Gasteiger partial charge in [-0.2, -0.15) is 0 Å². The van der Waals surface area contributed by atoms with Crippen molar-refractivity contribution in [2.45, 2.75) is 0 Å². The Morgan fingerprint density at radius 1 is 1.50 bits per heavy atom. The van der Waals surface area contributed by atoms with Gasteiger partial charge in [0.15, 0.2) is 6.29 Å². The number of nitrogens with zero attached hydrogens (tertiary/aromatic N) is 3. The number of aromatic nitrogens is 2. The SMILES string of the molecule is CN(C)CC=C(C=O)c1cnccn1. The summed E-state index contributed by atoms with van der Waals surface area (Å²) in [6, 6.07) is 0. The minimum atomic E-state index is 0.576. The number of allylic oxidation sites excluding steroid dienone is 1. The third-order valence-corrected chi connectivity index (χ3v) is 1.66. The van der Waals surface area contributed by atoms with Crippen molar-refractivity contribution >= 4 is 11.9 Å². The number of hydrogen-bond acceptors (Lipinski definition) is 4. The summed E-state index contributed by atoms with van der Waals surface area (Å²) in [6.07, 6.45) is 7.36. The Balaban J connectivity index is 2.82. The summed E-state index contributed by atoms with van der Waals surface area (Å²) in [5, 5.41) is 0. The smallest absolute Gasteiger partial charge is 0.152 e. The quantitative estimate of drug-likeness (QED) is 0.517. The summed E-state index contributed by atoms with van der Waals surface area (Å²) < 4.78 is 0. The topological polar surface area (TPSA) is 46.1 Å². The van der Waals surface area contributed by atoms with E-state index in [1.54, 1.807) is 18.6 Å². The number of likely N-dealkylation sites (N-methyl/N-ethyl adjacent to an activating group) is 1. The normalized spacial score (nSPS) is 11.8. The van der Waals surface area contributed by atoms with Crippen molar-refractivity contribution in [3.63, 3.8) is 0 Å². The van der Waals surface area contributed by atoms with Gasteiger partial charge in [0, 0.05) is 24.5 Å². The molecule has 74 valence electrons. The molecule has 0 N–H and O–H groups in total. The average molecular weight is 191 g/mol. The lowest BCUT2D eigenvalue weighted by molar-refractivity contribution is -0.103. The van der Waals surface area contributed by atoms with E-state index in [1.807, 2.05) is 25.1 Å². The largest absolute Gasteiger partial charge is 0.306 e. The first-order valence-electron chi connectivity index (χ1n) is 4.30. The summed E-state index contributed by atoms with van der Waals surface area (Å²) in [4.78, 5) is 20.7. The first-order valence-corrected chi connectivity index (χ1v) is 4.30. The standard InChI is InChI=1S/C10H13N3O/c1-13(2)6-3-9(8-14)10-7-11-4-5-12-10/h3-5,7-8H,6H2,1-2H3. The molecule has 1 aromatic heterocycles. The molecule has 4 nitrogen and oxygen atoms in total. The molecule has 0 bridgehead atoms. The lowest BCUT2D eigenvalue weighted by Crippen LogP contribution is -2.11. The van der Waals surface area contributed by atoms with E-state index in [0.29, 0.717) is 17.8 Å². The minimum absolute atomic E-state index is 0.576. The van der Waals surface area contributed by atoms with Crippen molar-refractivity contribution in [1.29, 1.82) is 0 Å². The number of rotatable bonds is 4. The molecule has 1 aromatic rings. The van der Waals surface area contributed by atoms with Gasteiger partial charge in [0.1, 0.15) is 0 Å². The van der Waals surface area contributed by atoms with Gasteiger partial charge in [-0.25, -0.2) is 0 Å². The number of hydrogen-bond donors (Lipinski definition) is 0. The second-order valence-electron chi connectivity index (χ2n) is 3.13. The summed E-state index contributed by atoms with van der Waals surface area (Å²) in [5.41, 5.74) is 1.19. The van der Waals surface area contributed by atoms with Crippen LogP contribution in [0.3, 0.4) is 0 Å². The van der Waals surface area contributed by atoms with Gasteiger partial charge in [-0.1, -0.05) is 6.08 Å². The second-order valence-corrected chi connectivity index (χ2v) is 3.13. The predicted octanol–water partition coefficient (Wildman–Crippen LogP) is 0.620. The molecule has 0 aliphatic carbocycles. The predicted molar refractivity (Wildman–Crippen MR) is 54.6 cm³/mol. The lowest BCUT2D eigenvalue weighted by Gasteiger charge is -2.05. The highest BCUT2D eigenvalue weighted by molar-refractivity contribution is 6.05. The van der Waals surface area contributed by atoms with Crippen LogP contribution < -0.4 is 0 Å². The van der Waals surface area contributed by atoms with E-state index in [-0.39, 0.29) is 0 Å². The van der Waals surface area contributed by atoms with Gasteiger partial charge in [0.25, 0.3) is 0 Å². The Morgan fingerprint density at radius 2 is 2.29 bits per heavy atom. The molecular formula is C10H13N3O. The molecule has 0 saturated carbocycles. The Bertz CT molecular complexity index is 319. The van der Waals surface area contributed by atoms with E-state index >= 15 is 0 Å². The first-order chi connectivity index (χ1) is 6.74. The van der Waals surface area contributed by atoms with Crippen LogP contribution in [0.2, 0.25) is 0 Å². The molecule has 0 radical (unpaired) electrons. The zero-order valence-electron chi connectivity index (χ0n) is 8.34. The van der Waals surface area contributed by atoms with Crippen molar-refractivity contribution in [3.8, 4) is 0 Å². The maximum Gasteiger partial charge on any atom is 0.152 e. The molecule has 0 saturated heterocycles. The summed E-state index contributed by atoms with van der Waals surface area (Å²) in [5.74, 6) is 0. The number of aldehydes is 1. The van der Waals surface area contributed by atoms with Crippen LogP contribution in [-0.2, 0) is 4.79 Å². The van der Waals surface area contributed by atoms with Gasteiger partial charge in [-0.05, 0) is 14.1 Å². The highest BCUT2D eigenvalue weighted by Crippen LogP contribution is 2.06. The van der Waals surface area contributed by atoms with E-state index in [2.05, 4.69) is 9.97 Å². The Hall–Kier alpha value is -1.55. The van der Waals surface area contributed by atoms with Gasteiger partial charge < -0.3 is 4.90 Å². The van der Waals surface area contributed by atoms with Crippen LogP contribution in [-0.4, -0.2) is 41.8 Å². The van der Waals surface area contributed by atoms with Crippen LogP contribution in [0.15, 0.2) is 24.7 Å². The molecule has 0 aliphatic rings. The Morgan fingerprint density at radius 3 is 2.79 bits per heavy atom. The maximum absolute atomic E-state index is 10.8. The molecule has 0 spiro atoms. The molecule has 4 heteroatoms. The van der Waals surface area contributed by atoms with Crippen LogP contribution in [0.4, 0.5) is 0 Å². The van der Waals surface area contributed by atoms with E-state index in [1.165, 1.54) is 0 Å². The third kappa shape index (κ3) is 3.06. The van der Waals surface area contributed by atoms with Crippen molar-refractivity contribution in [1.82, 2.24) is 14.9 Å². The molecule has 0 atom stereocenters. The highest BCUT2D eigenvalue weighted by Gasteiger charge is 2.00. The Kier molecular flexibility index (Phi) is 3.94. The van der Waals surface area contributed by atoms with E-state index in [9.17, 15) is 4.79 Å². The van der Waals surface area contributed by atoms with E-state index in [4.69, 9.17) is 0 Å². The van der Waals surface area contributed by atoms with Crippen molar-refractivity contribution < 1.29 is 4.79 Å². The summed E-state index contributed by atoms with van der Waals surface area (Å²) >= 11 is 0. The molecule has 0 unspecified atom stereocenters. The molecule has 0 aliphatic heterocycles. The number of carbonyl (C=O) groups is 1. The van der Waals surface area contributed by atoms with Gasteiger partial charge in [0.2, 0.25) is 0 Å². The van der Waals surface area contributed by atoms with Crippen LogP contribution in [0.25, 0.3) is 5.57 Å². The van der Waals surface area contributed by atoms with E-state index < -0.39 is 0 Å². The average Bonchev–Trinajstić information content (AvgIpc) is 2.20. The molecule has 1 heterocycles.